The molecule has 0 aliphatic rings. The highest BCUT2D eigenvalue weighted by Crippen LogP contribution is 2.13. The van der Waals surface area contributed by atoms with E-state index in [4.69, 9.17) is 0 Å². The Morgan fingerprint density at radius 2 is 2.26 bits per heavy atom. The van der Waals surface area contributed by atoms with E-state index in [2.05, 4.69) is 29.0 Å². The third-order valence-corrected chi connectivity index (χ3v) is 2.92. The number of hydrogen-bond donors (Lipinski definition) is 1. The Morgan fingerprint density at radius 3 is 2.84 bits per heavy atom. The number of nitrogens with one attached hydrogen (secondary N) is 1. The fourth-order valence-electron chi connectivity index (χ4n) is 1.96. The molecule has 0 bridgehead atoms. The number of rotatable bonds is 4. The lowest BCUT2D eigenvalue weighted by Gasteiger charge is -2.18. The average molecular weight is 261 g/mol. The van der Waals surface area contributed by atoms with E-state index in [-0.39, 0.29) is 11.9 Å². The first-order valence-corrected chi connectivity index (χ1v) is 6.29. The van der Waals surface area contributed by atoms with Gasteiger partial charge in [0.2, 0.25) is 0 Å². The Morgan fingerprint density at radius 1 is 1.53 bits per heavy atom. The van der Waals surface area contributed by atoms with Crippen LogP contribution in [0, 0.1) is 6.92 Å². The molecule has 19 heavy (non-hydrogen) atoms. The summed E-state index contributed by atoms with van der Waals surface area (Å²) in [5, 5.41) is 6.81. The molecule has 0 spiro atoms. The van der Waals surface area contributed by atoms with E-state index in [1.165, 1.54) is 0 Å². The molecule has 2 aromatic heterocycles. The molecule has 0 aromatic carbocycles. The Balaban J connectivity index is 2.12. The standard InChI is InChI=1S/C13H19N5O/c1-9(2)18-7-5-6-11(18)13(19)17(4)8-12-14-10(3)15-16-12/h5-7,9H,8H2,1-4H3,(H,14,15,16). The minimum atomic E-state index is -0.0267. The molecule has 0 aliphatic heterocycles. The molecule has 2 rings (SSSR count). The van der Waals surface area contributed by atoms with Gasteiger partial charge < -0.3 is 9.47 Å². The monoisotopic (exact) mass is 261 g/mol. The molecule has 0 saturated heterocycles. The van der Waals surface area contributed by atoms with Crippen molar-refractivity contribution in [3.05, 3.63) is 35.7 Å². The van der Waals surface area contributed by atoms with Crippen molar-refractivity contribution in [1.29, 1.82) is 0 Å². The second-order valence-electron chi connectivity index (χ2n) is 4.89. The normalized spacial score (nSPS) is 11.0. The quantitative estimate of drug-likeness (QED) is 0.912. The lowest BCUT2D eigenvalue weighted by molar-refractivity contribution is 0.0769. The van der Waals surface area contributed by atoms with E-state index in [1.54, 1.807) is 11.9 Å². The molecule has 0 aliphatic carbocycles. The van der Waals surface area contributed by atoms with Crippen LogP contribution in [0.4, 0.5) is 0 Å². The molecule has 2 aromatic rings. The number of H-pyrrole nitrogens is 1. The van der Waals surface area contributed by atoms with Gasteiger partial charge in [-0.25, -0.2) is 4.98 Å². The van der Waals surface area contributed by atoms with Crippen molar-refractivity contribution in [1.82, 2.24) is 24.6 Å². The molecule has 6 nitrogen and oxygen atoms in total. The van der Waals surface area contributed by atoms with Crippen LogP contribution < -0.4 is 0 Å². The first-order valence-electron chi connectivity index (χ1n) is 6.29. The second kappa shape index (κ2) is 5.26. The Kier molecular flexibility index (Phi) is 3.69. The van der Waals surface area contributed by atoms with Gasteiger partial charge in [-0.1, -0.05) is 0 Å². The van der Waals surface area contributed by atoms with E-state index >= 15 is 0 Å². The smallest absolute Gasteiger partial charge is 0.270 e. The van der Waals surface area contributed by atoms with Crippen LogP contribution in [0.15, 0.2) is 18.3 Å². The predicted octanol–water partition coefficient (Wildman–Crippen LogP) is 1.77. The summed E-state index contributed by atoms with van der Waals surface area (Å²) in [6.45, 7) is 6.33. The van der Waals surface area contributed by atoms with Gasteiger partial charge in [0.15, 0.2) is 5.82 Å². The second-order valence-corrected chi connectivity index (χ2v) is 4.89. The van der Waals surface area contributed by atoms with Gasteiger partial charge in [0.1, 0.15) is 11.5 Å². The average Bonchev–Trinajstić information content (AvgIpc) is 2.97. The molecule has 0 unspecified atom stereocenters. The van der Waals surface area contributed by atoms with Crippen LogP contribution in [-0.4, -0.2) is 37.6 Å². The zero-order valence-electron chi connectivity index (χ0n) is 11.7. The fraction of sp³-hybridized carbons (Fsp3) is 0.462. The predicted molar refractivity (Wildman–Crippen MR) is 71.7 cm³/mol. The van der Waals surface area contributed by atoms with Gasteiger partial charge in [-0.3, -0.25) is 9.89 Å². The zero-order valence-corrected chi connectivity index (χ0v) is 11.7. The van der Waals surface area contributed by atoms with Gasteiger partial charge in [-0.15, -0.1) is 0 Å². The van der Waals surface area contributed by atoms with Crippen LogP contribution in [0.3, 0.4) is 0 Å². The van der Waals surface area contributed by atoms with Crippen molar-refractivity contribution in [2.75, 3.05) is 7.05 Å². The van der Waals surface area contributed by atoms with Crippen LogP contribution in [-0.2, 0) is 6.54 Å². The Bertz CT molecular complexity index is 569. The number of carbonyl (C=O) groups is 1. The highest BCUT2D eigenvalue weighted by molar-refractivity contribution is 5.92. The molecule has 0 radical (unpaired) electrons. The third kappa shape index (κ3) is 2.83. The van der Waals surface area contributed by atoms with E-state index in [1.807, 2.05) is 29.8 Å². The molecule has 1 amide bonds. The topological polar surface area (TPSA) is 66.8 Å². The summed E-state index contributed by atoms with van der Waals surface area (Å²) >= 11 is 0. The molecule has 0 fully saturated rings. The van der Waals surface area contributed by atoms with E-state index in [9.17, 15) is 4.79 Å². The first kappa shape index (κ1) is 13.3. The largest absolute Gasteiger partial charge is 0.341 e. The number of aryl methyl sites for hydroxylation is 1. The molecule has 102 valence electrons. The summed E-state index contributed by atoms with van der Waals surface area (Å²) in [4.78, 5) is 18.2. The SMILES string of the molecule is Cc1nc(CN(C)C(=O)c2cccn2C(C)C)n[nH]1. The maximum absolute atomic E-state index is 12.4. The number of hydrogen-bond acceptors (Lipinski definition) is 3. The van der Waals surface area contributed by atoms with Crippen LogP contribution >= 0.6 is 0 Å². The summed E-state index contributed by atoms with van der Waals surface area (Å²) in [6.07, 6.45) is 1.92. The van der Waals surface area contributed by atoms with Gasteiger partial charge in [-0.2, -0.15) is 5.10 Å². The van der Waals surface area contributed by atoms with Gasteiger partial charge in [0, 0.05) is 19.3 Å². The van der Waals surface area contributed by atoms with Crippen LogP contribution in [0.25, 0.3) is 0 Å². The fourth-order valence-corrected chi connectivity index (χ4v) is 1.96. The minimum absolute atomic E-state index is 0.0267. The lowest BCUT2D eigenvalue weighted by atomic mass is 10.3. The van der Waals surface area contributed by atoms with Gasteiger partial charge in [0.25, 0.3) is 5.91 Å². The van der Waals surface area contributed by atoms with Crippen molar-refractivity contribution in [2.45, 2.75) is 33.4 Å². The van der Waals surface area contributed by atoms with E-state index in [0.717, 1.165) is 5.82 Å². The molecule has 0 saturated carbocycles. The number of nitrogens with zero attached hydrogens (tertiary/aromatic N) is 4. The Hall–Kier alpha value is -2.11. The number of amides is 1. The third-order valence-electron chi connectivity index (χ3n) is 2.92. The van der Waals surface area contributed by atoms with E-state index < -0.39 is 0 Å². The lowest BCUT2D eigenvalue weighted by Crippen LogP contribution is -2.29. The van der Waals surface area contributed by atoms with Crippen molar-refractivity contribution in [3.8, 4) is 0 Å². The molecule has 2 heterocycles. The molecule has 6 heteroatoms. The zero-order chi connectivity index (χ0) is 14.0. The summed E-state index contributed by atoms with van der Waals surface area (Å²) in [5.41, 5.74) is 0.685. The molecular formula is C13H19N5O. The summed E-state index contributed by atoms with van der Waals surface area (Å²) < 4.78 is 1.96. The Labute approximate surface area is 112 Å². The van der Waals surface area contributed by atoms with Gasteiger partial charge in [-0.05, 0) is 32.9 Å². The van der Waals surface area contributed by atoms with Gasteiger partial charge in [0.05, 0.1) is 6.54 Å². The maximum atomic E-state index is 12.4. The van der Waals surface area contributed by atoms with Crippen molar-refractivity contribution < 1.29 is 4.79 Å². The molecule has 1 N–H and O–H groups in total. The van der Waals surface area contributed by atoms with E-state index in [0.29, 0.717) is 18.1 Å². The summed E-state index contributed by atoms with van der Waals surface area (Å²) in [6, 6.07) is 3.98. The van der Waals surface area contributed by atoms with Gasteiger partial charge >= 0.3 is 0 Å². The minimum Gasteiger partial charge on any atom is -0.341 e. The highest BCUT2D eigenvalue weighted by Gasteiger charge is 2.18. The van der Waals surface area contributed by atoms with Crippen LogP contribution in [0.5, 0.6) is 0 Å². The summed E-state index contributed by atoms with van der Waals surface area (Å²) in [7, 11) is 1.76. The summed E-state index contributed by atoms with van der Waals surface area (Å²) in [5.74, 6) is 1.35. The van der Waals surface area contributed by atoms with Crippen molar-refractivity contribution in [2.24, 2.45) is 0 Å². The number of aromatic nitrogens is 4. The van der Waals surface area contributed by atoms with Crippen LogP contribution in [0.2, 0.25) is 0 Å². The van der Waals surface area contributed by atoms with Crippen LogP contribution in [0.1, 0.15) is 42.0 Å². The first-order chi connectivity index (χ1) is 8.99. The molecular weight excluding hydrogens is 242 g/mol. The number of carbonyl (C=O) groups excluding carboxylic acids is 1. The maximum Gasteiger partial charge on any atom is 0.270 e. The highest BCUT2D eigenvalue weighted by atomic mass is 16.2. The molecule has 0 atom stereocenters. The van der Waals surface area contributed by atoms with Crippen molar-refractivity contribution >= 4 is 5.91 Å². The number of aromatic amines is 1. The van der Waals surface area contributed by atoms with Crippen molar-refractivity contribution in [3.63, 3.8) is 0 Å².